The fourth-order valence-corrected chi connectivity index (χ4v) is 1.80. The molecule has 2 amide bonds. The summed E-state index contributed by atoms with van der Waals surface area (Å²) in [6.45, 7) is 5.05. The number of nitrogens with one attached hydrogen (secondary N) is 2. The van der Waals surface area contributed by atoms with Gasteiger partial charge in [-0.25, -0.2) is 13.6 Å². The Morgan fingerprint density at radius 1 is 1.17 bits per heavy atom. The molecule has 0 saturated heterocycles. The van der Waals surface area contributed by atoms with E-state index < -0.39 is 35.3 Å². The molecule has 1 unspecified atom stereocenters. The van der Waals surface area contributed by atoms with Crippen molar-refractivity contribution >= 4 is 12.0 Å². The van der Waals surface area contributed by atoms with Crippen molar-refractivity contribution < 1.29 is 28.2 Å². The molecule has 0 aliphatic rings. The summed E-state index contributed by atoms with van der Waals surface area (Å²) < 4.78 is 31.5. The lowest BCUT2D eigenvalue weighted by Crippen LogP contribution is -2.48. The zero-order valence-electron chi connectivity index (χ0n) is 14.4. The van der Waals surface area contributed by atoms with Gasteiger partial charge in [-0.2, -0.15) is 0 Å². The Morgan fingerprint density at radius 3 is 2.08 bits per heavy atom. The molecule has 0 fully saturated rings. The summed E-state index contributed by atoms with van der Waals surface area (Å²) in [6, 6.07) is 1.95. The number of halogens is 2. The summed E-state index contributed by atoms with van der Waals surface area (Å²) in [4.78, 5) is 23.6. The van der Waals surface area contributed by atoms with Gasteiger partial charge < -0.3 is 20.5 Å². The van der Waals surface area contributed by atoms with Crippen LogP contribution in [0.1, 0.15) is 26.3 Å². The Balaban J connectivity index is 0.00000254. The first-order chi connectivity index (χ1) is 11.1. The van der Waals surface area contributed by atoms with Crippen molar-refractivity contribution in [3.63, 3.8) is 0 Å². The first-order valence-electron chi connectivity index (χ1n) is 7.21. The maximum atomic E-state index is 13.2. The maximum Gasteiger partial charge on any atom is 0.408 e. The van der Waals surface area contributed by atoms with Crippen molar-refractivity contribution in [1.29, 1.82) is 0 Å². The van der Waals surface area contributed by atoms with E-state index in [0.717, 1.165) is 25.3 Å². The van der Waals surface area contributed by atoms with Gasteiger partial charge >= 0.3 is 6.09 Å². The summed E-state index contributed by atoms with van der Waals surface area (Å²) >= 11 is 0. The fraction of sp³-hybridized carbons (Fsp3) is 0.500. The summed E-state index contributed by atoms with van der Waals surface area (Å²) in [7, 11) is 2.40. The van der Waals surface area contributed by atoms with Gasteiger partial charge in [0.25, 0.3) is 0 Å². The third kappa shape index (κ3) is 8.42. The number of aliphatic hydroxyl groups is 1. The van der Waals surface area contributed by atoms with Crippen LogP contribution in [0, 0.1) is 11.6 Å². The van der Waals surface area contributed by atoms with Gasteiger partial charge in [-0.15, -0.1) is 0 Å². The van der Waals surface area contributed by atoms with Crippen molar-refractivity contribution in [1.82, 2.24) is 10.6 Å². The molecule has 0 aliphatic carbocycles. The third-order valence-corrected chi connectivity index (χ3v) is 2.62. The Hall–Kier alpha value is -2.22. The molecule has 0 heterocycles. The molecule has 136 valence electrons. The number of rotatable bonds is 4. The van der Waals surface area contributed by atoms with Crippen LogP contribution in [0.25, 0.3) is 0 Å². The zero-order valence-corrected chi connectivity index (χ0v) is 14.4. The fourth-order valence-electron chi connectivity index (χ4n) is 1.80. The molecule has 1 aromatic rings. The molecule has 24 heavy (non-hydrogen) atoms. The van der Waals surface area contributed by atoms with Crippen molar-refractivity contribution in [2.24, 2.45) is 0 Å². The Kier molecular flexibility index (Phi) is 8.91. The molecule has 0 radical (unpaired) electrons. The van der Waals surface area contributed by atoms with Crippen molar-refractivity contribution in [3.8, 4) is 0 Å². The molecule has 3 N–H and O–H groups in total. The third-order valence-electron chi connectivity index (χ3n) is 2.62. The molecule has 0 bridgehead atoms. The summed E-state index contributed by atoms with van der Waals surface area (Å²) in [5.74, 6) is -1.98. The molecule has 8 heteroatoms. The largest absolute Gasteiger partial charge is 0.444 e. The first-order valence-corrected chi connectivity index (χ1v) is 7.21. The van der Waals surface area contributed by atoms with Crippen molar-refractivity contribution in [2.45, 2.75) is 38.8 Å². The van der Waals surface area contributed by atoms with Gasteiger partial charge in [0.15, 0.2) is 0 Å². The Morgan fingerprint density at radius 2 is 1.67 bits per heavy atom. The quantitative estimate of drug-likeness (QED) is 0.775. The van der Waals surface area contributed by atoms with Crippen LogP contribution in [0.2, 0.25) is 0 Å². The van der Waals surface area contributed by atoms with Crippen LogP contribution in [0.5, 0.6) is 0 Å². The lowest BCUT2D eigenvalue weighted by Gasteiger charge is -2.23. The standard InChI is InChI=1S/C15H20F2N2O3.CH4O/c1-15(2,3)22-14(21)19-12(13(20)18-4)7-9-5-10(16)8-11(17)6-9;1-2/h5-6,8,12H,7H2,1-4H3,(H,18,20)(H,19,21);2H,1H3. The second-order valence-corrected chi connectivity index (χ2v) is 5.79. The van der Waals surface area contributed by atoms with Gasteiger partial charge in [0.1, 0.15) is 23.3 Å². The van der Waals surface area contributed by atoms with E-state index in [9.17, 15) is 18.4 Å². The van der Waals surface area contributed by atoms with Crippen LogP contribution < -0.4 is 10.6 Å². The van der Waals surface area contributed by atoms with Gasteiger partial charge in [0.05, 0.1) is 0 Å². The monoisotopic (exact) mass is 346 g/mol. The van der Waals surface area contributed by atoms with E-state index in [2.05, 4.69) is 10.6 Å². The molecule has 0 aliphatic heterocycles. The zero-order chi connectivity index (χ0) is 18.9. The van der Waals surface area contributed by atoms with Gasteiger partial charge in [-0.05, 0) is 38.5 Å². The lowest BCUT2D eigenvalue weighted by atomic mass is 10.0. The van der Waals surface area contributed by atoms with E-state index in [0.29, 0.717) is 0 Å². The summed E-state index contributed by atoms with van der Waals surface area (Å²) in [5, 5.41) is 11.8. The average molecular weight is 346 g/mol. The van der Waals surface area contributed by atoms with Crippen LogP contribution >= 0.6 is 0 Å². The first kappa shape index (κ1) is 21.8. The SMILES string of the molecule is CNC(=O)C(Cc1cc(F)cc(F)c1)NC(=O)OC(C)(C)C.CO. The van der Waals surface area contributed by atoms with Crippen LogP contribution in [-0.4, -0.2) is 42.9 Å². The molecule has 0 aromatic heterocycles. The number of carbonyl (C=O) groups is 2. The number of hydrogen-bond donors (Lipinski definition) is 3. The smallest absolute Gasteiger partial charge is 0.408 e. The van der Waals surface area contributed by atoms with E-state index in [1.807, 2.05) is 0 Å². The highest BCUT2D eigenvalue weighted by Crippen LogP contribution is 2.11. The van der Waals surface area contributed by atoms with E-state index in [-0.39, 0.29) is 12.0 Å². The number of carbonyl (C=O) groups excluding carboxylic acids is 2. The van der Waals surface area contributed by atoms with Gasteiger partial charge in [-0.3, -0.25) is 4.79 Å². The number of benzene rings is 1. The molecule has 6 nitrogen and oxygen atoms in total. The number of ether oxygens (including phenoxy) is 1. The van der Waals surface area contributed by atoms with E-state index >= 15 is 0 Å². The normalized spacial score (nSPS) is 11.7. The van der Waals surface area contributed by atoms with E-state index in [1.54, 1.807) is 20.8 Å². The van der Waals surface area contributed by atoms with E-state index in [4.69, 9.17) is 9.84 Å². The van der Waals surface area contributed by atoms with Crippen LogP contribution in [0.3, 0.4) is 0 Å². The minimum absolute atomic E-state index is 0.0619. The lowest BCUT2D eigenvalue weighted by molar-refractivity contribution is -0.122. The maximum absolute atomic E-state index is 13.2. The highest BCUT2D eigenvalue weighted by Gasteiger charge is 2.24. The Labute approximate surface area is 140 Å². The van der Waals surface area contributed by atoms with Gasteiger partial charge in [0.2, 0.25) is 5.91 Å². The number of likely N-dealkylation sites (N-methyl/N-ethyl adjacent to an activating group) is 1. The van der Waals surface area contributed by atoms with Crippen molar-refractivity contribution in [2.75, 3.05) is 14.2 Å². The highest BCUT2D eigenvalue weighted by molar-refractivity contribution is 5.85. The second kappa shape index (κ2) is 9.82. The Bertz CT molecular complexity index is 539. The van der Waals surface area contributed by atoms with Crippen molar-refractivity contribution in [3.05, 3.63) is 35.4 Å². The van der Waals surface area contributed by atoms with Crippen LogP contribution in [0.15, 0.2) is 18.2 Å². The summed E-state index contributed by atoms with van der Waals surface area (Å²) in [5.41, 5.74) is -0.468. The molecule has 1 rings (SSSR count). The highest BCUT2D eigenvalue weighted by atomic mass is 19.1. The van der Waals surface area contributed by atoms with Gasteiger partial charge in [-0.1, -0.05) is 0 Å². The van der Waals surface area contributed by atoms with Crippen LogP contribution in [0.4, 0.5) is 13.6 Å². The number of hydrogen-bond acceptors (Lipinski definition) is 4. The molecule has 0 saturated carbocycles. The minimum Gasteiger partial charge on any atom is -0.444 e. The average Bonchev–Trinajstić information content (AvgIpc) is 2.44. The van der Waals surface area contributed by atoms with Crippen LogP contribution in [-0.2, 0) is 16.0 Å². The predicted molar refractivity (Wildman–Crippen MR) is 85.4 cm³/mol. The predicted octanol–water partition coefficient (Wildman–Crippen LogP) is 1.76. The minimum atomic E-state index is -0.999. The number of alkyl carbamates (subject to hydrolysis) is 1. The molecule has 1 aromatic carbocycles. The molecular weight excluding hydrogens is 322 g/mol. The topological polar surface area (TPSA) is 87.7 Å². The molecule has 0 spiro atoms. The number of aliphatic hydroxyl groups excluding tert-OH is 1. The van der Waals surface area contributed by atoms with Gasteiger partial charge in [0, 0.05) is 26.6 Å². The number of amides is 2. The second-order valence-electron chi connectivity index (χ2n) is 5.79. The van der Waals surface area contributed by atoms with E-state index in [1.165, 1.54) is 7.05 Å². The summed E-state index contributed by atoms with van der Waals surface area (Å²) in [6.07, 6.45) is -0.842. The molecule has 1 atom stereocenters. The molecular formula is C16H24F2N2O4.